The molecule has 0 bridgehead atoms. The number of carbonyl (C=O) groups excluding carboxylic acids is 2. The SMILES string of the molecule is CC1=CC(=O)C=C2CC[C@@H]3[C@H](CC[C@]4(C)C(=O)CC[C@@]34O)[C@@]12C. The molecule has 4 aliphatic carbocycles. The minimum Gasteiger partial charge on any atom is -0.389 e. The van der Waals surface area contributed by atoms with Gasteiger partial charge in [0.1, 0.15) is 5.78 Å². The summed E-state index contributed by atoms with van der Waals surface area (Å²) in [7, 11) is 0. The first-order valence-corrected chi connectivity index (χ1v) is 8.93. The van der Waals surface area contributed by atoms with Crippen molar-refractivity contribution in [3.05, 3.63) is 23.3 Å². The molecule has 0 aromatic heterocycles. The Bertz CT molecular complexity index is 672. The predicted octanol–water partition coefficient (Wildman–Crippen LogP) is 3.37. The van der Waals surface area contributed by atoms with E-state index in [0.717, 1.165) is 31.3 Å². The van der Waals surface area contributed by atoms with Gasteiger partial charge in [0.2, 0.25) is 0 Å². The molecule has 0 aromatic rings. The van der Waals surface area contributed by atoms with Crippen LogP contribution in [0.1, 0.15) is 59.3 Å². The molecule has 0 saturated heterocycles. The van der Waals surface area contributed by atoms with Crippen molar-refractivity contribution in [2.75, 3.05) is 0 Å². The fourth-order valence-electron chi connectivity index (χ4n) is 6.31. The van der Waals surface area contributed by atoms with E-state index < -0.39 is 11.0 Å². The fraction of sp³-hybridized carbons (Fsp3) is 0.700. The van der Waals surface area contributed by atoms with Gasteiger partial charge < -0.3 is 5.11 Å². The Hall–Kier alpha value is -1.22. The van der Waals surface area contributed by atoms with Crippen LogP contribution in [0.4, 0.5) is 0 Å². The summed E-state index contributed by atoms with van der Waals surface area (Å²) in [5, 5.41) is 11.6. The van der Waals surface area contributed by atoms with Crippen molar-refractivity contribution in [1.82, 2.24) is 0 Å². The summed E-state index contributed by atoms with van der Waals surface area (Å²) < 4.78 is 0. The van der Waals surface area contributed by atoms with Crippen molar-refractivity contribution < 1.29 is 14.7 Å². The third-order valence-electron chi connectivity index (χ3n) is 7.99. The molecule has 23 heavy (non-hydrogen) atoms. The van der Waals surface area contributed by atoms with E-state index >= 15 is 0 Å². The maximum absolute atomic E-state index is 12.5. The number of carbonyl (C=O) groups is 2. The molecule has 3 saturated carbocycles. The zero-order valence-corrected chi connectivity index (χ0v) is 14.3. The highest BCUT2D eigenvalue weighted by molar-refractivity contribution is 6.02. The van der Waals surface area contributed by atoms with Crippen molar-refractivity contribution in [2.45, 2.75) is 64.9 Å². The van der Waals surface area contributed by atoms with Crippen LogP contribution in [0.3, 0.4) is 0 Å². The van der Waals surface area contributed by atoms with Crippen LogP contribution in [0.5, 0.6) is 0 Å². The molecule has 4 aliphatic rings. The first kappa shape index (κ1) is 15.3. The Morgan fingerprint density at radius 1 is 1.04 bits per heavy atom. The number of rotatable bonds is 0. The van der Waals surface area contributed by atoms with Crippen LogP contribution in [0.15, 0.2) is 23.3 Å². The van der Waals surface area contributed by atoms with Crippen molar-refractivity contribution >= 4 is 11.6 Å². The van der Waals surface area contributed by atoms with Crippen LogP contribution >= 0.6 is 0 Å². The number of fused-ring (bicyclic) bond motifs is 5. The molecule has 0 aliphatic heterocycles. The van der Waals surface area contributed by atoms with Gasteiger partial charge in [0.05, 0.1) is 11.0 Å². The van der Waals surface area contributed by atoms with Crippen LogP contribution in [-0.4, -0.2) is 22.3 Å². The topological polar surface area (TPSA) is 54.4 Å². The number of ketones is 2. The maximum atomic E-state index is 12.5. The van der Waals surface area contributed by atoms with E-state index in [1.165, 1.54) is 5.57 Å². The standard InChI is InChI=1S/C20H26O3/c1-12-10-14(21)11-13-4-5-16-15(19(12,13)3)6-8-18(2)17(22)7-9-20(16,18)23/h10-11,15-16,23H,4-9H2,1-3H3/t15-,16+,18+,19-,20+/m0/s1. The maximum Gasteiger partial charge on any atom is 0.178 e. The van der Waals surface area contributed by atoms with Gasteiger partial charge in [-0.05, 0) is 69.9 Å². The van der Waals surface area contributed by atoms with Crippen LogP contribution < -0.4 is 0 Å². The Labute approximate surface area is 137 Å². The number of allylic oxidation sites excluding steroid dienone is 4. The molecule has 124 valence electrons. The molecule has 0 spiro atoms. The highest BCUT2D eigenvalue weighted by Gasteiger charge is 2.66. The second-order valence-corrected chi connectivity index (χ2v) is 8.57. The van der Waals surface area contributed by atoms with Gasteiger partial charge in [-0.3, -0.25) is 9.59 Å². The van der Waals surface area contributed by atoms with Crippen molar-refractivity contribution in [2.24, 2.45) is 22.7 Å². The van der Waals surface area contributed by atoms with Gasteiger partial charge in [-0.1, -0.05) is 18.1 Å². The lowest BCUT2D eigenvalue weighted by atomic mass is 9.45. The third kappa shape index (κ3) is 1.64. The highest BCUT2D eigenvalue weighted by Crippen LogP contribution is 2.66. The van der Waals surface area contributed by atoms with Gasteiger partial charge >= 0.3 is 0 Å². The number of hydrogen-bond donors (Lipinski definition) is 1. The summed E-state index contributed by atoms with van der Waals surface area (Å²) in [6.45, 7) is 6.29. The lowest BCUT2D eigenvalue weighted by molar-refractivity contribution is -0.174. The van der Waals surface area contributed by atoms with Crippen molar-refractivity contribution in [3.63, 3.8) is 0 Å². The molecule has 3 fully saturated rings. The lowest BCUT2D eigenvalue weighted by Crippen LogP contribution is -2.61. The fourth-order valence-corrected chi connectivity index (χ4v) is 6.31. The minimum atomic E-state index is -0.858. The number of hydrogen-bond acceptors (Lipinski definition) is 3. The summed E-state index contributed by atoms with van der Waals surface area (Å²) in [6.07, 6.45) is 8.21. The van der Waals surface area contributed by atoms with E-state index in [9.17, 15) is 14.7 Å². The summed E-state index contributed by atoms with van der Waals surface area (Å²) in [5.74, 6) is 0.835. The van der Waals surface area contributed by atoms with E-state index in [1.54, 1.807) is 6.08 Å². The molecule has 1 N–H and O–H groups in total. The first-order chi connectivity index (χ1) is 10.7. The molecular formula is C20H26O3. The molecule has 3 heteroatoms. The molecule has 0 aromatic carbocycles. The van der Waals surface area contributed by atoms with Gasteiger partial charge in [0, 0.05) is 11.8 Å². The van der Waals surface area contributed by atoms with Gasteiger partial charge in [0.15, 0.2) is 5.78 Å². The molecule has 3 nitrogen and oxygen atoms in total. The van der Waals surface area contributed by atoms with Crippen LogP contribution in [0.25, 0.3) is 0 Å². The van der Waals surface area contributed by atoms with Crippen molar-refractivity contribution in [1.29, 1.82) is 0 Å². The van der Waals surface area contributed by atoms with E-state index in [4.69, 9.17) is 0 Å². The average Bonchev–Trinajstić information content (AvgIpc) is 2.73. The lowest BCUT2D eigenvalue weighted by Gasteiger charge is -2.60. The van der Waals surface area contributed by atoms with E-state index in [1.807, 2.05) is 13.0 Å². The van der Waals surface area contributed by atoms with Crippen LogP contribution in [-0.2, 0) is 9.59 Å². The summed E-state index contributed by atoms with van der Waals surface area (Å²) in [6, 6.07) is 0. The molecule has 0 heterocycles. The van der Waals surface area contributed by atoms with Gasteiger partial charge in [-0.2, -0.15) is 0 Å². The van der Waals surface area contributed by atoms with Crippen LogP contribution in [0.2, 0.25) is 0 Å². The van der Waals surface area contributed by atoms with Crippen LogP contribution in [0, 0.1) is 22.7 Å². The zero-order valence-electron chi connectivity index (χ0n) is 14.3. The average molecular weight is 314 g/mol. The zero-order chi connectivity index (χ0) is 16.6. The minimum absolute atomic E-state index is 0.101. The second kappa shape index (κ2) is 4.44. The largest absolute Gasteiger partial charge is 0.389 e. The smallest absolute Gasteiger partial charge is 0.178 e. The molecule has 0 amide bonds. The number of Topliss-reactive ketones (excluding diaryl/α,β-unsaturated/α-hetero) is 1. The molecule has 0 radical (unpaired) electrons. The summed E-state index contributed by atoms with van der Waals surface area (Å²) in [4.78, 5) is 24.4. The molecule has 0 unspecified atom stereocenters. The summed E-state index contributed by atoms with van der Waals surface area (Å²) in [5.41, 5.74) is 0.822. The Morgan fingerprint density at radius 3 is 2.52 bits per heavy atom. The molecular weight excluding hydrogens is 288 g/mol. The molecule has 5 atom stereocenters. The van der Waals surface area contributed by atoms with E-state index in [0.29, 0.717) is 18.8 Å². The van der Waals surface area contributed by atoms with Gasteiger partial charge in [-0.15, -0.1) is 0 Å². The quantitative estimate of drug-likeness (QED) is 0.746. The third-order valence-corrected chi connectivity index (χ3v) is 7.99. The number of aliphatic hydroxyl groups is 1. The van der Waals surface area contributed by atoms with Gasteiger partial charge in [-0.25, -0.2) is 0 Å². The van der Waals surface area contributed by atoms with Gasteiger partial charge in [0.25, 0.3) is 0 Å². The first-order valence-electron chi connectivity index (χ1n) is 8.93. The van der Waals surface area contributed by atoms with E-state index in [-0.39, 0.29) is 22.9 Å². The predicted molar refractivity (Wildman–Crippen MR) is 87.7 cm³/mol. The second-order valence-electron chi connectivity index (χ2n) is 8.57. The monoisotopic (exact) mass is 314 g/mol. The summed E-state index contributed by atoms with van der Waals surface area (Å²) >= 11 is 0. The normalized spacial score (nSPS) is 49.0. The Balaban J connectivity index is 1.80. The Morgan fingerprint density at radius 2 is 1.78 bits per heavy atom. The van der Waals surface area contributed by atoms with E-state index in [2.05, 4.69) is 13.8 Å². The Kier molecular flexibility index (Phi) is 2.96. The highest BCUT2D eigenvalue weighted by atomic mass is 16.3. The van der Waals surface area contributed by atoms with Crippen molar-refractivity contribution in [3.8, 4) is 0 Å². The molecule has 4 rings (SSSR count).